The number of ether oxygens (including phenoxy) is 1. The molecule has 2 aliphatic rings. The molecular weight excluding hydrogens is 514 g/mol. The van der Waals surface area contributed by atoms with Crippen LogP contribution in [-0.2, 0) is 11.2 Å². The number of hydrogen-bond donors (Lipinski definition) is 1. The van der Waals surface area contributed by atoms with E-state index in [1.807, 2.05) is 61.0 Å². The number of hydrogen-bond acceptors (Lipinski definition) is 4. The van der Waals surface area contributed by atoms with Crippen LogP contribution >= 0.6 is 11.6 Å². The van der Waals surface area contributed by atoms with Crippen molar-refractivity contribution in [3.63, 3.8) is 0 Å². The minimum absolute atomic E-state index is 0.0217. The summed E-state index contributed by atoms with van der Waals surface area (Å²) in [5.41, 5.74) is 4.13. The summed E-state index contributed by atoms with van der Waals surface area (Å²) in [6, 6.07) is 7.90. The van der Waals surface area contributed by atoms with E-state index in [0.717, 1.165) is 60.1 Å². The van der Waals surface area contributed by atoms with Crippen molar-refractivity contribution in [3.05, 3.63) is 47.2 Å². The first-order valence-corrected chi connectivity index (χ1v) is 14.3. The molecule has 8 nitrogen and oxygen atoms in total. The predicted octanol–water partition coefficient (Wildman–Crippen LogP) is 6.72. The number of H-pyrrole nitrogens is 1. The molecule has 4 heterocycles. The maximum absolute atomic E-state index is 13.6. The molecule has 3 aromatic rings. The zero-order valence-corrected chi connectivity index (χ0v) is 24.1. The van der Waals surface area contributed by atoms with Gasteiger partial charge >= 0.3 is 12.1 Å². The number of nitrogens with one attached hydrogen (secondary N) is 1. The first-order chi connectivity index (χ1) is 18.6. The summed E-state index contributed by atoms with van der Waals surface area (Å²) < 4.78 is 5.52. The van der Waals surface area contributed by atoms with E-state index in [0.29, 0.717) is 37.1 Å². The lowest BCUT2D eigenvalue weighted by Gasteiger charge is -2.39. The van der Waals surface area contributed by atoms with Crippen molar-refractivity contribution >= 4 is 40.3 Å². The molecule has 2 saturated heterocycles. The van der Waals surface area contributed by atoms with E-state index in [2.05, 4.69) is 16.9 Å². The average Bonchev–Trinajstić information content (AvgIpc) is 3.34. The molecule has 0 aliphatic carbocycles. The molecule has 1 N–H and O–H groups in total. The quantitative estimate of drug-likeness (QED) is 0.381. The van der Waals surface area contributed by atoms with Crippen LogP contribution in [0.5, 0.6) is 0 Å². The number of nitrogens with zero attached hydrogens (tertiary/aromatic N) is 4. The number of pyridine rings is 1. The summed E-state index contributed by atoms with van der Waals surface area (Å²) in [5.74, 6) is 0.361. The molecule has 0 saturated carbocycles. The molecule has 0 atom stereocenters. The van der Waals surface area contributed by atoms with Gasteiger partial charge in [0.1, 0.15) is 5.60 Å². The summed E-state index contributed by atoms with van der Waals surface area (Å²) >= 11 is 6.88. The van der Waals surface area contributed by atoms with Gasteiger partial charge in [-0.15, -0.1) is 0 Å². The van der Waals surface area contributed by atoms with Gasteiger partial charge in [-0.25, -0.2) is 9.59 Å². The average molecular weight is 552 g/mol. The number of halogens is 1. The normalized spacial score (nSPS) is 17.3. The fourth-order valence-electron chi connectivity index (χ4n) is 5.59. The Kier molecular flexibility index (Phi) is 7.76. The SMILES string of the molecule is CCc1c[nH]c2ccc(-c3cc(N4CCCN(CC5CCN(C(=O)OC(C)(C)C)CC5)C4=O)ccn3)c(Cl)c12. The molecule has 2 fully saturated rings. The summed E-state index contributed by atoms with van der Waals surface area (Å²) in [5, 5.41) is 1.71. The predicted molar refractivity (Wildman–Crippen MR) is 155 cm³/mol. The lowest BCUT2D eigenvalue weighted by atomic mass is 9.96. The number of amides is 3. The van der Waals surface area contributed by atoms with Crippen LogP contribution in [0.2, 0.25) is 5.02 Å². The number of carbonyl (C=O) groups is 2. The first-order valence-electron chi connectivity index (χ1n) is 13.9. The molecule has 39 heavy (non-hydrogen) atoms. The lowest BCUT2D eigenvalue weighted by Crippen LogP contribution is -2.52. The van der Waals surface area contributed by atoms with Crippen LogP contribution in [0, 0.1) is 5.92 Å². The zero-order chi connectivity index (χ0) is 27.7. The van der Waals surface area contributed by atoms with Crippen molar-refractivity contribution in [2.24, 2.45) is 5.92 Å². The van der Waals surface area contributed by atoms with Gasteiger partial charge in [-0.05, 0) is 82.2 Å². The monoisotopic (exact) mass is 551 g/mol. The summed E-state index contributed by atoms with van der Waals surface area (Å²) in [6.45, 7) is 11.2. The molecule has 1 aromatic carbocycles. The largest absolute Gasteiger partial charge is 0.444 e. The summed E-state index contributed by atoms with van der Waals surface area (Å²) in [6.07, 6.45) is 7.01. The van der Waals surface area contributed by atoms with Crippen molar-refractivity contribution in [2.75, 3.05) is 37.6 Å². The number of rotatable bonds is 5. The molecule has 0 radical (unpaired) electrons. The topological polar surface area (TPSA) is 81.8 Å². The molecular formula is C30H38ClN5O3. The fourth-order valence-corrected chi connectivity index (χ4v) is 5.97. The Morgan fingerprint density at radius 1 is 1.15 bits per heavy atom. The molecule has 0 bridgehead atoms. The minimum Gasteiger partial charge on any atom is -0.444 e. The number of urea groups is 1. The highest BCUT2D eigenvalue weighted by molar-refractivity contribution is 6.38. The second-order valence-electron chi connectivity index (χ2n) is 11.6. The zero-order valence-electron chi connectivity index (χ0n) is 23.3. The summed E-state index contributed by atoms with van der Waals surface area (Å²) in [7, 11) is 0. The van der Waals surface area contributed by atoms with Gasteiger partial charge in [-0.1, -0.05) is 18.5 Å². The Balaban J connectivity index is 1.27. The van der Waals surface area contributed by atoms with Crippen LogP contribution in [0.25, 0.3) is 22.2 Å². The fraction of sp³-hybridized carbons (Fsp3) is 0.500. The number of anilines is 1. The van der Waals surface area contributed by atoms with Gasteiger partial charge in [0.05, 0.1) is 10.7 Å². The van der Waals surface area contributed by atoms with Crippen molar-refractivity contribution in [3.8, 4) is 11.3 Å². The van der Waals surface area contributed by atoms with Gasteiger partial charge in [0.15, 0.2) is 0 Å². The van der Waals surface area contributed by atoms with Crippen molar-refractivity contribution < 1.29 is 14.3 Å². The molecule has 0 spiro atoms. The Morgan fingerprint density at radius 2 is 1.92 bits per heavy atom. The number of aryl methyl sites for hydroxylation is 1. The molecule has 9 heteroatoms. The Morgan fingerprint density at radius 3 is 2.64 bits per heavy atom. The van der Waals surface area contributed by atoms with Crippen LogP contribution < -0.4 is 4.90 Å². The molecule has 2 aliphatic heterocycles. The van der Waals surface area contributed by atoms with Crippen LogP contribution in [0.15, 0.2) is 36.7 Å². The lowest BCUT2D eigenvalue weighted by molar-refractivity contribution is 0.0173. The smallest absolute Gasteiger partial charge is 0.410 e. The van der Waals surface area contributed by atoms with Crippen molar-refractivity contribution in [2.45, 2.75) is 59.0 Å². The minimum atomic E-state index is -0.497. The van der Waals surface area contributed by atoms with Crippen molar-refractivity contribution in [1.29, 1.82) is 0 Å². The number of aromatic nitrogens is 2. The highest BCUT2D eigenvalue weighted by Crippen LogP contribution is 2.37. The second kappa shape index (κ2) is 11.1. The molecule has 2 aromatic heterocycles. The molecule has 0 unspecified atom stereocenters. The van der Waals surface area contributed by atoms with Crippen molar-refractivity contribution in [1.82, 2.24) is 19.8 Å². The van der Waals surface area contributed by atoms with E-state index in [1.165, 1.54) is 5.56 Å². The third kappa shape index (κ3) is 5.86. The Bertz CT molecular complexity index is 1360. The van der Waals surface area contributed by atoms with Gasteiger partial charge in [-0.2, -0.15) is 0 Å². The van der Waals surface area contributed by atoms with Gasteiger partial charge in [-0.3, -0.25) is 9.88 Å². The van der Waals surface area contributed by atoms with Gasteiger partial charge in [0.25, 0.3) is 0 Å². The van der Waals surface area contributed by atoms with Gasteiger partial charge < -0.3 is 19.5 Å². The number of piperidine rings is 1. The number of aromatic amines is 1. The number of carbonyl (C=O) groups excluding carboxylic acids is 2. The van der Waals surface area contributed by atoms with E-state index in [-0.39, 0.29) is 12.1 Å². The maximum atomic E-state index is 13.6. The number of likely N-dealkylation sites (tertiary alicyclic amines) is 1. The molecule has 208 valence electrons. The van der Waals surface area contributed by atoms with Crippen LogP contribution in [0.4, 0.5) is 15.3 Å². The number of fused-ring (bicyclic) bond motifs is 1. The van der Waals surface area contributed by atoms with E-state index >= 15 is 0 Å². The van der Waals surface area contributed by atoms with Gasteiger partial charge in [0.2, 0.25) is 0 Å². The third-order valence-electron chi connectivity index (χ3n) is 7.63. The maximum Gasteiger partial charge on any atom is 0.410 e. The van der Waals surface area contributed by atoms with E-state index in [1.54, 1.807) is 11.1 Å². The van der Waals surface area contributed by atoms with Crippen LogP contribution in [0.3, 0.4) is 0 Å². The molecule has 3 amide bonds. The first kappa shape index (κ1) is 27.3. The van der Waals surface area contributed by atoms with Crippen LogP contribution in [-0.4, -0.2) is 70.2 Å². The Labute approximate surface area is 235 Å². The van der Waals surface area contributed by atoms with E-state index < -0.39 is 5.60 Å². The van der Waals surface area contributed by atoms with E-state index in [9.17, 15) is 9.59 Å². The van der Waals surface area contributed by atoms with E-state index in [4.69, 9.17) is 16.3 Å². The second-order valence-corrected chi connectivity index (χ2v) is 11.9. The number of benzene rings is 1. The van der Waals surface area contributed by atoms with Gasteiger partial charge in [0, 0.05) is 67.3 Å². The Hall–Kier alpha value is -3.26. The molecule has 5 rings (SSSR count). The van der Waals surface area contributed by atoms with Crippen LogP contribution in [0.1, 0.15) is 52.5 Å². The highest BCUT2D eigenvalue weighted by atomic mass is 35.5. The summed E-state index contributed by atoms with van der Waals surface area (Å²) in [4.78, 5) is 39.5. The third-order valence-corrected chi connectivity index (χ3v) is 8.03. The standard InChI is InChI=1S/C30H38ClN5O3/c1-5-21-18-33-24-8-7-23(27(31)26(21)24)25-17-22(9-12-32-25)36-14-6-13-35(28(36)37)19-20-10-15-34(16-11-20)29(38)39-30(2,3)4/h7-9,12,17-18,20,33H,5-6,10-11,13-16,19H2,1-4H3. The highest BCUT2D eigenvalue weighted by Gasteiger charge is 2.32.